The predicted octanol–water partition coefficient (Wildman–Crippen LogP) is 3.86. The van der Waals surface area contributed by atoms with Crippen LogP contribution in [0.3, 0.4) is 0 Å². The second-order valence-electron chi connectivity index (χ2n) is 6.11. The fraction of sp³-hybridized carbons (Fsp3) is 0.471. The summed E-state index contributed by atoms with van der Waals surface area (Å²) < 4.78 is 0. The first-order valence-corrected chi connectivity index (χ1v) is 7.29. The van der Waals surface area contributed by atoms with Gasteiger partial charge < -0.3 is 5.32 Å². The largest absolute Gasteiger partial charge is 0.307 e. The molecule has 0 amide bonds. The zero-order chi connectivity index (χ0) is 13.3. The number of pyridine rings is 1. The van der Waals surface area contributed by atoms with Gasteiger partial charge in [-0.05, 0) is 48.7 Å². The molecule has 1 N–H and O–H groups in total. The monoisotopic (exact) mass is 254 g/mol. The van der Waals surface area contributed by atoms with Crippen LogP contribution in [0.25, 0.3) is 10.8 Å². The molecule has 1 aliphatic heterocycles. The van der Waals surface area contributed by atoms with Crippen molar-refractivity contribution >= 4 is 10.8 Å². The van der Waals surface area contributed by atoms with Crippen molar-refractivity contribution in [3.8, 4) is 0 Å². The molecule has 0 radical (unpaired) electrons. The van der Waals surface area contributed by atoms with Gasteiger partial charge in [-0.25, -0.2) is 0 Å². The van der Waals surface area contributed by atoms with Crippen LogP contribution >= 0.6 is 0 Å². The highest BCUT2D eigenvalue weighted by molar-refractivity contribution is 5.85. The lowest BCUT2D eigenvalue weighted by molar-refractivity contribution is 0.313. The third kappa shape index (κ3) is 2.25. The van der Waals surface area contributed by atoms with Gasteiger partial charge in [0, 0.05) is 23.3 Å². The van der Waals surface area contributed by atoms with Crippen molar-refractivity contribution < 1.29 is 0 Å². The summed E-state index contributed by atoms with van der Waals surface area (Å²) in [4.78, 5) is 4.33. The van der Waals surface area contributed by atoms with Gasteiger partial charge in [0.15, 0.2) is 0 Å². The third-order valence-corrected chi connectivity index (χ3v) is 4.20. The Morgan fingerprint density at radius 2 is 2.21 bits per heavy atom. The topological polar surface area (TPSA) is 24.9 Å². The third-order valence-electron chi connectivity index (χ3n) is 4.20. The Morgan fingerprint density at radius 3 is 2.95 bits per heavy atom. The lowest BCUT2D eigenvalue weighted by Crippen LogP contribution is -2.38. The summed E-state index contributed by atoms with van der Waals surface area (Å²) in [5, 5.41) is 6.38. The highest BCUT2D eigenvalue weighted by Crippen LogP contribution is 2.39. The number of rotatable bonds is 3. The summed E-state index contributed by atoms with van der Waals surface area (Å²) >= 11 is 0. The van der Waals surface area contributed by atoms with Crippen molar-refractivity contribution in [3.05, 3.63) is 42.2 Å². The second kappa shape index (κ2) is 4.93. The van der Waals surface area contributed by atoms with E-state index in [-0.39, 0.29) is 5.54 Å². The molecule has 0 spiro atoms. The minimum absolute atomic E-state index is 0.150. The molecular formula is C17H22N2. The number of hydrogen-bond donors (Lipinski definition) is 1. The van der Waals surface area contributed by atoms with Gasteiger partial charge in [-0.15, -0.1) is 0 Å². The average molecular weight is 254 g/mol. The van der Waals surface area contributed by atoms with Crippen molar-refractivity contribution in [2.45, 2.75) is 38.6 Å². The molecule has 0 saturated carbocycles. The number of aromatic nitrogens is 1. The summed E-state index contributed by atoms with van der Waals surface area (Å²) in [5.74, 6) is 0.692. The Morgan fingerprint density at radius 1 is 1.32 bits per heavy atom. The van der Waals surface area contributed by atoms with E-state index in [1.54, 1.807) is 0 Å². The van der Waals surface area contributed by atoms with Gasteiger partial charge in [-0.2, -0.15) is 0 Å². The molecule has 3 rings (SSSR count). The molecular weight excluding hydrogens is 232 g/mol. The lowest BCUT2D eigenvalue weighted by atomic mass is 9.79. The van der Waals surface area contributed by atoms with Crippen molar-refractivity contribution in [2.24, 2.45) is 5.92 Å². The Balaban J connectivity index is 2.15. The molecule has 19 heavy (non-hydrogen) atoms. The van der Waals surface area contributed by atoms with E-state index < -0.39 is 0 Å². The summed E-state index contributed by atoms with van der Waals surface area (Å²) in [6.45, 7) is 5.75. The maximum Gasteiger partial charge on any atom is 0.0444 e. The summed E-state index contributed by atoms with van der Waals surface area (Å²) in [5.41, 5.74) is 1.58. The van der Waals surface area contributed by atoms with Crippen LogP contribution in [0.2, 0.25) is 0 Å². The van der Waals surface area contributed by atoms with Gasteiger partial charge >= 0.3 is 0 Å². The van der Waals surface area contributed by atoms with E-state index in [4.69, 9.17) is 0 Å². The fourth-order valence-electron chi connectivity index (χ4n) is 3.55. The number of fused-ring (bicyclic) bond motifs is 1. The summed E-state index contributed by atoms with van der Waals surface area (Å²) in [6.07, 6.45) is 7.60. The molecule has 2 heterocycles. The highest BCUT2D eigenvalue weighted by atomic mass is 15.0. The van der Waals surface area contributed by atoms with Gasteiger partial charge in [0.1, 0.15) is 0 Å². The SMILES string of the molecule is CC(C)CC1(c2cccc3ccncc23)CCCN1. The van der Waals surface area contributed by atoms with Crippen LogP contribution in [-0.2, 0) is 5.54 Å². The van der Waals surface area contributed by atoms with Crippen LogP contribution in [0.5, 0.6) is 0 Å². The number of nitrogens with one attached hydrogen (secondary N) is 1. The van der Waals surface area contributed by atoms with E-state index in [1.807, 2.05) is 12.4 Å². The molecule has 2 aromatic rings. The maximum atomic E-state index is 4.33. The van der Waals surface area contributed by atoms with Crippen molar-refractivity contribution in [2.75, 3.05) is 6.54 Å². The molecule has 0 aliphatic carbocycles. The Bertz CT molecular complexity index is 563. The van der Waals surface area contributed by atoms with Crippen LogP contribution in [0, 0.1) is 5.92 Å². The van der Waals surface area contributed by atoms with Crippen molar-refractivity contribution in [1.82, 2.24) is 10.3 Å². The minimum Gasteiger partial charge on any atom is -0.307 e. The van der Waals surface area contributed by atoms with E-state index in [0.29, 0.717) is 5.92 Å². The smallest absolute Gasteiger partial charge is 0.0444 e. The van der Waals surface area contributed by atoms with Crippen LogP contribution in [-0.4, -0.2) is 11.5 Å². The Kier molecular flexibility index (Phi) is 3.28. The van der Waals surface area contributed by atoms with Crippen molar-refractivity contribution in [1.29, 1.82) is 0 Å². The zero-order valence-electron chi connectivity index (χ0n) is 11.8. The molecule has 0 bridgehead atoms. The lowest BCUT2D eigenvalue weighted by Gasteiger charge is -2.33. The van der Waals surface area contributed by atoms with E-state index >= 15 is 0 Å². The van der Waals surface area contributed by atoms with E-state index in [0.717, 1.165) is 6.54 Å². The fourth-order valence-corrected chi connectivity index (χ4v) is 3.55. The molecule has 1 unspecified atom stereocenters. The number of benzene rings is 1. The first-order chi connectivity index (χ1) is 9.21. The van der Waals surface area contributed by atoms with Crippen molar-refractivity contribution in [3.63, 3.8) is 0 Å². The molecule has 1 aromatic heterocycles. The quantitative estimate of drug-likeness (QED) is 0.899. The first kappa shape index (κ1) is 12.6. The van der Waals surface area contributed by atoms with Crippen LogP contribution in [0.4, 0.5) is 0 Å². The highest BCUT2D eigenvalue weighted by Gasteiger charge is 2.36. The molecule has 1 fully saturated rings. The number of hydrogen-bond acceptors (Lipinski definition) is 2. The number of nitrogens with zero attached hydrogens (tertiary/aromatic N) is 1. The van der Waals surface area contributed by atoms with Gasteiger partial charge in [0.2, 0.25) is 0 Å². The van der Waals surface area contributed by atoms with Gasteiger partial charge in [-0.1, -0.05) is 32.0 Å². The summed E-state index contributed by atoms with van der Waals surface area (Å²) in [7, 11) is 0. The maximum absolute atomic E-state index is 4.33. The average Bonchev–Trinajstić information content (AvgIpc) is 2.87. The van der Waals surface area contributed by atoms with E-state index in [1.165, 1.54) is 35.6 Å². The summed E-state index contributed by atoms with van der Waals surface area (Å²) in [6, 6.07) is 8.75. The first-order valence-electron chi connectivity index (χ1n) is 7.29. The van der Waals surface area contributed by atoms with Gasteiger partial charge in [0.25, 0.3) is 0 Å². The van der Waals surface area contributed by atoms with Crippen LogP contribution in [0.1, 0.15) is 38.7 Å². The zero-order valence-corrected chi connectivity index (χ0v) is 11.8. The minimum atomic E-state index is 0.150. The molecule has 1 aromatic carbocycles. The van der Waals surface area contributed by atoms with Gasteiger partial charge in [-0.3, -0.25) is 4.98 Å². The van der Waals surface area contributed by atoms with Crippen LogP contribution in [0.15, 0.2) is 36.7 Å². The Labute approximate surface area is 115 Å². The molecule has 2 heteroatoms. The Hall–Kier alpha value is -1.41. The molecule has 1 aliphatic rings. The molecule has 1 atom stereocenters. The standard InChI is InChI=1S/C17H22N2/c1-13(2)11-17(8-4-9-19-17)16-6-3-5-14-7-10-18-12-15(14)16/h3,5-7,10,12-13,19H,4,8-9,11H2,1-2H3. The van der Waals surface area contributed by atoms with E-state index in [9.17, 15) is 0 Å². The normalized spacial score (nSPS) is 23.3. The molecule has 1 saturated heterocycles. The van der Waals surface area contributed by atoms with Crippen LogP contribution < -0.4 is 5.32 Å². The second-order valence-corrected chi connectivity index (χ2v) is 6.11. The molecule has 2 nitrogen and oxygen atoms in total. The van der Waals surface area contributed by atoms with Gasteiger partial charge in [0.05, 0.1) is 0 Å². The predicted molar refractivity (Wildman–Crippen MR) is 80.1 cm³/mol. The van der Waals surface area contributed by atoms with E-state index in [2.05, 4.69) is 48.4 Å². The molecule has 100 valence electrons.